The van der Waals surface area contributed by atoms with Crippen LogP contribution in [0.2, 0.25) is 0 Å². The Morgan fingerprint density at radius 1 is 0.500 bits per heavy atom. The van der Waals surface area contributed by atoms with Crippen LogP contribution in [-0.2, 0) is 38.0 Å². The molecule has 0 fully saturated rings. The predicted octanol–water partition coefficient (Wildman–Crippen LogP) is -0.316. The quantitative estimate of drug-likeness (QED) is 0.192. The van der Waals surface area contributed by atoms with E-state index in [2.05, 4.69) is 0 Å². The molecule has 0 spiro atoms. The van der Waals surface area contributed by atoms with Crippen molar-refractivity contribution in [3.05, 3.63) is 0 Å². The summed E-state index contributed by atoms with van der Waals surface area (Å²) in [6.45, 7) is 2.96. The standard InChI is InChI=1S/C18H34O10/c19-5-7-23-9-11-25-13-15-27-17(21)3-1-2-4-18(22)28-16-14-26-12-10-24-8-6-20/h19-20H,1-16H2. The molecule has 10 nitrogen and oxygen atoms in total. The summed E-state index contributed by atoms with van der Waals surface area (Å²) in [7, 11) is 0. The summed E-state index contributed by atoms with van der Waals surface area (Å²) in [4.78, 5) is 23.0. The SMILES string of the molecule is O=C(CCCCC(=O)OCCOCCOCCO)OCCOCCOCCO. The third kappa shape index (κ3) is 21.0. The Morgan fingerprint density at radius 3 is 1.18 bits per heavy atom. The van der Waals surface area contributed by atoms with E-state index in [1.807, 2.05) is 0 Å². The van der Waals surface area contributed by atoms with Crippen molar-refractivity contribution in [1.82, 2.24) is 0 Å². The molecule has 28 heavy (non-hydrogen) atoms. The van der Waals surface area contributed by atoms with E-state index in [0.29, 0.717) is 39.3 Å². The minimum absolute atomic E-state index is 0.0215. The van der Waals surface area contributed by atoms with Crippen LogP contribution < -0.4 is 0 Å². The molecule has 0 aromatic heterocycles. The minimum atomic E-state index is -0.328. The Bertz CT molecular complexity index is 330. The lowest BCUT2D eigenvalue weighted by Crippen LogP contribution is -2.14. The second kappa shape index (κ2) is 22.0. The highest BCUT2D eigenvalue weighted by Crippen LogP contribution is 2.03. The third-order valence-corrected chi connectivity index (χ3v) is 3.21. The van der Waals surface area contributed by atoms with Gasteiger partial charge in [-0.25, -0.2) is 0 Å². The van der Waals surface area contributed by atoms with E-state index in [4.69, 9.17) is 38.6 Å². The number of hydrogen-bond donors (Lipinski definition) is 2. The van der Waals surface area contributed by atoms with Gasteiger partial charge in [0.1, 0.15) is 13.2 Å². The van der Waals surface area contributed by atoms with Crippen LogP contribution in [0.3, 0.4) is 0 Å². The summed E-state index contributed by atoms with van der Waals surface area (Å²) >= 11 is 0. The van der Waals surface area contributed by atoms with Crippen LogP contribution in [0, 0.1) is 0 Å². The number of unbranched alkanes of at least 4 members (excludes halogenated alkanes) is 1. The van der Waals surface area contributed by atoms with Gasteiger partial charge in [-0.15, -0.1) is 0 Å². The van der Waals surface area contributed by atoms with E-state index in [-0.39, 0.29) is 77.6 Å². The molecule has 0 rings (SSSR count). The Labute approximate surface area is 166 Å². The zero-order chi connectivity index (χ0) is 20.7. The highest BCUT2D eigenvalue weighted by atomic mass is 16.6. The molecule has 0 saturated heterocycles. The molecule has 0 aliphatic heterocycles. The van der Waals surface area contributed by atoms with E-state index < -0.39 is 0 Å². The molecule has 0 saturated carbocycles. The predicted molar refractivity (Wildman–Crippen MR) is 97.8 cm³/mol. The average Bonchev–Trinajstić information content (AvgIpc) is 2.69. The molecule has 0 aliphatic carbocycles. The van der Waals surface area contributed by atoms with Gasteiger partial charge in [0, 0.05) is 12.8 Å². The first-order chi connectivity index (χ1) is 13.7. The maximum absolute atomic E-state index is 11.5. The molecule has 10 heteroatoms. The van der Waals surface area contributed by atoms with Crippen molar-refractivity contribution in [2.45, 2.75) is 25.7 Å². The first-order valence-corrected chi connectivity index (χ1v) is 9.54. The molecule has 166 valence electrons. The Hall–Kier alpha value is -1.30. The van der Waals surface area contributed by atoms with Gasteiger partial charge in [0.15, 0.2) is 0 Å². The fraction of sp³-hybridized carbons (Fsp3) is 0.889. The highest BCUT2D eigenvalue weighted by molar-refractivity contribution is 5.70. The van der Waals surface area contributed by atoms with Gasteiger partial charge in [-0.3, -0.25) is 9.59 Å². The first-order valence-electron chi connectivity index (χ1n) is 9.54. The third-order valence-electron chi connectivity index (χ3n) is 3.21. The number of aliphatic hydroxyl groups excluding tert-OH is 2. The number of hydrogen-bond acceptors (Lipinski definition) is 10. The fourth-order valence-corrected chi connectivity index (χ4v) is 1.88. The van der Waals surface area contributed by atoms with Crippen LogP contribution in [0.15, 0.2) is 0 Å². The van der Waals surface area contributed by atoms with E-state index >= 15 is 0 Å². The Balaban J connectivity index is 3.30. The van der Waals surface area contributed by atoms with E-state index in [1.54, 1.807) is 0 Å². The number of aliphatic hydroxyl groups is 2. The van der Waals surface area contributed by atoms with Gasteiger partial charge in [0.2, 0.25) is 0 Å². The van der Waals surface area contributed by atoms with E-state index in [0.717, 1.165) is 0 Å². The molecule has 0 unspecified atom stereocenters. The molecule has 0 aliphatic rings. The van der Waals surface area contributed by atoms with Gasteiger partial charge in [-0.2, -0.15) is 0 Å². The lowest BCUT2D eigenvalue weighted by atomic mass is 10.2. The summed E-state index contributed by atoms with van der Waals surface area (Å²) in [6, 6.07) is 0. The lowest BCUT2D eigenvalue weighted by molar-refractivity contribution is -0.147. The van der Waals surface area contributed by atoms with Crippen LogP contribution in [0.1, 0.15) is 25.7 Å². The summed E-state index contributed by atoms with van der Waals surface area (Å²) in [5, 5.41) is 17.0. The van der Waals surface area contributed by atoms with Gasteiger partial charge in [-0.05, 0) is 12.8 Å². The topological polar surface area (TPSA) is 130 Å². The Morgan fingerprint density at radius 2 is 0.821 bits per heavy atom. The smallest absolute Gasteiger partial charge is 0.305 e. The second-order valence-electron chi connectivity index (χ2n) is 5.54. The largest absolute Gasteiger partial charge is 0.463 e. The Kier molecular flexibility index (Phi) is 21.0. The van der Waals surface area contributed by atoms with Crippen LogP contribution in [0.5, 0.6) is 0 Å². The molecule has 0 amide bonds. The van der Waals surface area contributed by atoms with E-state index in [1.165, 1.54) is 0 Å². The molecule has 0 aromatic carbocycles. The zero-order valence-electron chi connectivity index (χ0n) is 16.5. The summed E-state index contributed by atoms with van der Waals surface area (Å²) in [5.74, 6) is -0.657. The van der Waals surface area contributed by atoms with Crippen LogP contribution in [0.25, 0.3) is 0 Å². The zero-order valence-corrected chi connectivity index (χ0v) is 16.5. The van der Waals surface area contributed by atoms with Crippen molar-refractivity contribution in [2.75, 3.05) is 79.3 Å². The van der Waals surface area contributed by atoms with Crippen LogP contribution >= 0.6 is 0 Å². The summed E-state index contributed by atoms with van der Waals surface area (Å²) < 4.78 is 30.4. The van der Waals surface area contributed by atoms with Crippen molar-refractivity contribution in [2.24, 2.45) is 0 Å². The van der Waals surface area contributed by atoms with Crippen molar-refractivity contribution in [1.29, 1.82) is 0 Å². The van der Waals surface area contributed by atoms with Gasteiger partial charge in [0.05, 0.1) is 66.1 Å². The molecule has 0 atom stereocenters. The molecule has 0 heterocycles. The average molecular weight is 410 g/mol. The number of carbonyl (C=O) groups is 2. The highest BCUT2D eigenvalue weighted by Gasteiger charge is 2.06. The van der Waals surface area contributed by atoms with Crippen molar-refractivity contribution in [3.63, 3.8) is 0 Å². The lowest BCUT2D eigenvalue weighted by Gasteiger charge is -2.07. The number of esters is 2. The first kappa shape index (κ1) is 26.7. The minimum Gasteiger partial charge on any atom is -0.463 e. The monoisotopic (exact) mass is 410 g/mol. The fourth-order valence-electron chi connectivity index (χ4n) is 1.88. The van der Waals surface area contributed by atoms with Crippen LogP contribution in [0.4, 0.5) is 0 Å². The number of rotatable bonds is 21. The van der Waals surface area contributed by atoms with Gasteiger partial charge < -0.3 is 38.6 Å². The molecule has 2 N–H and O–H groups in total. The van der Waals surface area contributed by atoms with Crippen molar-refractivity contribution >= 4 is 11.9 Å². The summed E-state index contributed by atoms with van der Waals surface area (Å²) in [6.07, 6.45) is 1.57. The maximum Gasteiger partial charge on any atom is 0.305 e. The van der Waals surface area contributed by atoms with Gasteiger partial charge in [0.25, 0.3) is 0 Å². The van der Waals surface area contributed by atoms with Gasteiger partial charge >= 0.3 is 11.9 Å². The maximum atomic E-state index is 11.5. The van der Waals surface area contributed by atoms with Gasteiger partial charge in [-0.1, -0.05) is 0 Å². The van der Waals surface area contributed by atoms with Crippen LogP contribution in [-0.4, -0.2) is 101 Å². The van der Waals surface area contributed by atoms with E-state index in [9.17, 15) is 9.59 Å². The molecular formula is C18H34O10. The van der Waals surface area contributed by atoms with Crippen molar-refractivity contribution in [3.8, 4) is 0 Å². The second-order valence-corrected chi connectivity index (χ2v) is 5.54. The number of ether oxygens (including phenoxy) is 6. The molecular weight excluding hydrogens is 376 g/mol. The van der Waals surface area contributed by atoms with Crippen molar-refractivity contribution < 1.29 is 48.2 Å². The summed E-state index contributed by atoms with van der Waals surface area (Å²) in [5.41, 5.74) is 0. The normalized spacial score (nSPS) is 10.8. The molecule has 0 radical (unpaired) electrons. The number of carbonyl (C=O) groups excluding carboxylic acids is 2. The molecule has 0 bridgehead atoms. The molecule has 0 aromatic rings.